The fourth-order valence-corrected chi connectivity index (χ4v) is 5.39. The van der Waals surface area contributed by atoms with Gasteiger partial charge in [-0.1, -0.05) is 47.5 Å². The van der Waals surface area contributed by atoms with Gasteiger partial charge in [0.25, 0.3) is 0 Å². The molecule has 0 spiro atoms. The molecule has 7 unspecified atom stereocenters. The second-order valence-electron chi connectivity index (χ2n) is 11.2. The Labute approximate surface area is 195 Å². The van der Waals surface area contributed by atoms with Crippen molar-refractivity contribution in [1.82, 2.24) is 4.90 Å². The topological polar surface area (TPSA) is 92.9 Å². The lowest BCUT2D eigenvalue weighted by atomic mass is 9.64. The minimum atomic E-state index is -0.563. The van der Waals surface area contributed by atoms with Crippen molar-refractivity contribution in [2.24, 2.45) is 29.4 Å². The van der Waals surface area contributed by atoms with Crippen LogP contribution in [0.4, 0.5) is 0 Å². The number of hydrogen-bond donors (Lipinski definition) is 2. The number of amides is 1. The number of carbonyl (C=O) groups is 2. The van der Waals surface area contributed by atoms with Crippen molar-refractivity contribution < 1.29 is 19.4 Å². The minimum Gasteiger partial charge on any atom is -0.464 e. The smallest absolute Gasteiger partial charge is 0.328 e. The Morgan fingerprint density at radius 3 is 2.47 bits per heavy atom. The number of nitrogens with two attached hydrogens (primary N) is 1. The van der Waals surface area contributed by atoms with Gasteiger partial charge in [-0.15, -0.1) is 0 Å². The molecule has 2 aliphatic rings. The highest BCUT2D eigenvalue weighted by molar-refractivity contribution is 5.92. The third-order valence-electron chi connectivity index (χ3n) is 7.88. The normalized spacial score (nSPS) is 27.8. The molecule has 0 aromatic heterocycles. The van der Waals surface area contributed by atoms with E-state index in [0.717, 1.165) is 51.4 Å². The van der Waals surface area contributed by atoms with E-state index in [1.807, 2.05) is 13.8 Å². The van der Waals surface area contributed by atoms with Gasteiger partial charge in [-0.3, -0.25) is 4.79 Å². The first-order chi connectivity index (χ1) is 15.0. The van der Waals surface area contributed by atoms with Gasteiger partial charge in [-0.25, -0.2) is 4.79 Å². The van der Waals surface area contributed by atoms with Gasteiger partial charge in [0.15, 0.2) is 0 Å². The number of aliphatic hydroxyl groups excluding tert-OH is 1. The summed E-state index contributed by atoms with van der Waals surface area (Å²) in [4.78, 5) is 27.8. The second kappa shape index (κ2) is 11.8. The molecule has 186 valence electrons. The number of fused-ring (bicyclic) bond motifs is 1. The number of carbonyl (C=O) groups excluding carboxylic acids is 2. The Kier molecular flexibility index (Phi) is 10.0. The van der Waals surface area contributed by atoms with Crippen LogP contribution < -0.4 is 5.73 Å². The molecule has 2 fully saturated rings. The Balaban J connectivity index is 1.90. The number of β-lactam (4-membered cyclic amide) rings is 1. The Morgan fingerprint density at radius 2 is 1.84 bits per heavy atom. The Morgan fingerprint density at radius 1 is 1.16 bits per heavy atom. The molecule has 7 atom stereocenters. The van der Waals surface area contributed by atoms with Crippen LogP contribution in [0.2, 0.25) is 0 Å². The van der Waals surface area contributed by atoms with Gasteiger partial charge in [0.2, 0.25) is 5.91 Å². The van der Waals surface area contributed by atoms with Gasteiger partial charge in [0.05, 0.1) is 18.6 Å². The van der Waals surface area contributed by atoms with Crippen LogP contribution in [-0.4, -0.2) is 52.2 Å². The summed E-state index contributed by atoms with van der Waals surface area (Å²) < 4.78 is 5.62. The molecule has 0 saturated carbocycles. The summed E-state index contributed by atoms with van der Waals surface area (Å²) in [5.74, 6) is 0.589. The summed E-state index contributed by atoms with van der Waals surface area (Å²) in [5, 5.41) is 9.91. The van der Waals surface area contributed by atoms with Crippen LogP contribution >= 0.6 is 0 Å². The number of piperidine rings is 1. The van der Waals surface area contributed by atoms with Crippen molar-refractivity contribution in [1.29, 1.82) is 0 Å². The molecule has 3 N–H and O–H groups in total. The third-order valence-corrected chi connectivity index (χ3v) is 7.88. The third kappa shape index (κ3) is 6.47. The van der Waals surface area contributed by atoms with E-state index in [0.29, 0.717) is 18.9 Å². The maximum Gasteiger partial charge on any atom is 0.328 e. The van der Waals surface area contributed by atoms with E-state index in [4.69, 9.17) is 10.5 Å². The van der Waals surface area contributed by atoms with E-state index in [-0.39, 0.29) is 41.8 Å². The van der Waals surface area contributed by atoms with Crippen molar-refractivity contribution in [2.45, 2.75) is 123 Å². The zero-order valence-corrected chi connectivity index (χ0v) is 21.3. The molecule has 0 aliphatic carbocycles. The molecule has 2 saturated heterocycles. The predicted molar refractivity (Wildman–Crippen MR) is 128 cm³/mol. The van der Waals surface area contributed by atoms with E-state index < -0.39 is 11.6 Å². The highest BCUT2D eigenvalue weighted by Crippen LogP contribution is 2.45. The fraction of sp³-hybridized carbons (Fsp3) is 0.923. The summed E-state index contributed by atoms with van der Waals surface area (Å²) in [7, 11) is 0. The van der Waals surface area contributed by atoms with Gasteiger partial charge < -0.3 is 20.5 Å². The summed E-state index contributed by atoms with van der Waals surface area (Å²) in [5.41, 5.74) is 6.20. The first-order valence-corrected chi connectivity index (χ1v) is 13.0. The zero-order valence-electron chi connectivity index (χ0n) is 21.3. The molecule has 0 radical (unpaired) electrons. The molecule has 0 aromatic rings. The molecular weight excluding hydrogens is 404 g/mol. The maximum absolute atomic E-state index is 13.2. The van der Waals surface area contributed by atoms with Crippen LogP contribution in [0.25, 0.3) is 0 Å². The van der Waals surface area contributed by atoms with Gasteiger partial charge in [-0.05, 0) is 69.6 Å². The first kappa shape index (κ1) is 27.1. The van der Waals surface area contributed by atoms with Gasteiger partial charge >= 0.3 is 5.97 Å². The van der Waals surface area contributed by atoms with E-state index in [9.17, 15) is 14.7 Å². The standard InChI is InChI=1S/C26H48N2O4/c1-7-9-20(29)15-13-18(4)16-32-25(31)22-11-8-10-21-23(24(30)28(21)22)26(6,27)19(5)14-12-17(2)3/h17-23,29H,7-16,27H2,1-6H3. The van der Waals surface area contributed by atoms with E-state index in [1.165, 1.54) is 0 Å². The van der Waals surface area contributed by atoms with E-state index >= 15 is 0 Å². The molecule has 32 heavy (non-hydrogen) atoms. The molecular formula is C26H48N2O4. The lowest BCUT2D eigenvalue weighted by Crippen LogP contribution is -2.75. The minimum absolute atomic E-state index is 0.0220. The monoisotopic (exact) mass is 452 g/mol. The van der Waals surface area contributed by atoms with Crippen LogP contribution in [0.15, 0.2) is 0 Å². The summed E-state index contributed by atoms with van der Waals surface area (Å²) in [6.07, 6.45) is 7.67. The van der Waals surface area contributed by atoms with Crippen LogP contribution in [0.1, 0.15) is 99.3 Å². The van der Waals surface area contributed by atoms with Gasteiger partial charge in [0, 0.05) is 11.6 Å². The number of nitrogens with zero attached hydrogens (tertiary/aromatic N) is 1. The molecule has 6 heteroatoms. The van der Waals surface area contributed by atoms with Gasteiger partial charge in [-0.2, -0.15) is 0 Å². The lowest BCUT2D eigenvalue weighted by molar-refractivity contribution is -0.183. The number of rotatable bonds is 13. The quantitative estimate of drug-likeness (QED) is 0.321. The number of esters is 1. The molecule has 2 heterocycles. The van der Waals surface area contributed by atoms with Gasteiger partial charge in [0.1, 0.15) is 6.04 Å². The SMILES string of the molecule is CCCC(O)CCC(C)COC(=O)C1CCCC2C(C(C)(N)C(C)CCC(C)C)C(=O)N12. The highest BCUT2D eigenvalue weighted by atomic mass is 16.5. The Bertz CT molecular complexity index is 621. The van der Waals surface area contributed by atoms with E-state index in [1.54, 1.807) is 4.90 Å². The zero-order chi connectivity index (χ0) is 24.1. The summed E-state index contributed by atoms with van der Waals surface area (Å²) >= 11 is 0. The highest BCUT2D eigenvalue weighted by Gasteiger charge is 2.60. The molecule has 0 bridgehead atoms. The van der Waals surface area contributed by atoms with Crippen LogP contribution in [0, 0.1) is 23.7 Å². The predicted octanol–water partition coefficient (Wildman–Crippen LogP) is 4.28. The molecule has 0 aromatic carbocycles. The number of aliphatic hydroxyl groups is 1. The van der Waals surface area contributed by atoms with Crippen LogP contribution in [-0.2, 0) is 14.3 Å². The largest absolute Gasteiger partial charge is 0.464 e. The molecule has 1 amide bonds. The average molecular weight is 453 g/mol. The lowest BCUT2D eigenvalue weighted by Gasteiger charge is -2.58. The van der Waals surface area contributed by atoms with Crippen molar-refractivity contribution in [2.75, 3.05) is 6.61 Å². The summed E-state index contributed by atoms with van der Waals surface area (Å²) in [6.45, 7) is 13.0. The Hall–Kier alpha value is -1.14. The first-order valence-electron chi connectivity index (χ1n) is 13.0. The number of hydrogen-bond acceptors (Lipinski definition) is 5. The second-order valence-corrected chi connectivity index (χ2v) is 11.2. The van der Waals surface area contributed by atoms with Crippen LogP contribution in [0.3, 0.4) is 0 Å². The van der Waals surface area contributed by atoms with E-state index in [2.05, 4.69) is 27.7 Å². The van der Waals surface area contributed by atoms with Crippen LogP contribution in [0.5, 0.6) is 0 Å². The molecule has 2 aliphatic heterocycles. The van der Waals surface area contributed by atoms with Crippen molar-refractivity contribution >= 4 is 11.9 Å². The van der Waals surface area contributed by atoms with Crippen molar-refractivity contribution in [3.8, 4) is 0 Å². The molecule has 2 rings (SSSR count). The average Bonchev–Trinajstić information content (AvgIpc) is 2.73. The maximum atomic E-state index is 13.2. The van der Waals surface area contributed by atoms with Crippen molar-refractivity contribution in [3.63, 3.8) is 0 Å². The summed E-state index contributed by atoms with van der Waals surface area (Å²) in [6, 6.07) is -0.427. The molecule has 6 nitrogen and oxygen atoms in total. The van der Waals surface area contributed by atoms with Crippen molar-refractivity contribution in [3.05, 3.63) is 0 Å². The fourth-order valence-electron chi connectivity index (χ4n) is 5.39. The number of ether oxygens (including phenoxy) is 1.